The third-order valence-electron chi connectivity index (χ3n) is 4.76. The minimum absolute atomic E-state index is 0.125. The molecule has 0 radical (unpaired) electrons. The maximum Gasteiger partial charge on any atom is 0.265 e. The molecule has 1 aromatic heterocycles. The summed E-state index contributed by atoms with van der Waals surface area (Å²) in [5, 5.41) is 3.39. The predicted octanol–water partition coefficient (Wildman–Crippen LogP) is 4.10. The molecule has 6 heteroatoms. The van der Waals surface area contributed by atoms with E-state index in [0.29, 0.717) is 33.9 Å². The number of hydrogen-bond donors (Lipinski definition) is 1. The molecule has 0 unspecified atom stereocenters. The number of benzene rings is 3. The molecule has 1 heterocycles. The molecule has 0 aliphatic heterocycles. The van der Waals surface area contributed by atoms with Crippen molar-refractivity contribution >= 4 is 22.5 Å². The molecule has 0 saturated carbocycles. The van der Waals surface area contributed by atoms with Crippen LogP contribution in [0.25, 0.3) is 16.6 Å². The van der Waals surface area contributed by atoms with Gasteiger partial charge in [0.2, 0.25) is 0 Å². The zero-order valence-electron chi connectivity index (χ0n) is 16.7. The van der Waals surface area contributed by atoms with Crippen molar-refractivity contribution < 1.29 is 9.53 Å². The number of carbonyl (C=O) groups excluding carboxylic acids is 1. The fourth-order valence-electron chi connectivity index (χ4n) is 3.24. The number of nitrogens with one attached hydrogen (secondary N) is 1. The van der Waals surface area contributed by atoms with E-state index in [-0.39, 0.29) is 11.5 Å². The van der Waals surface area contributed by atoms with Crippen molar-refractivity contribution in [2.75, 3.05) is 5.32 Å². The number of fused-ring (bicyclic) bond motifs is 1. The lowest BCUT2D eigenvalue weighted by Crippen LogP contribution is -2.30. The molecule has 150 valence electrons. The molecule has 3 aromatic carbocycles. The second-order valence-corrected chi connectivity index (χ2v) is 6.93. The molecule has 1 amide bonds. The van der Waals surface area contributed by atoms with Crippen LogP contribution in [0.15, 0.2) is 83.7 Å². The molecule has 0 saturated heterocycles. The highest BCUT2D eigenvalue weighted by Gasteiger charge is 2.15. The van der Waals surface area contributed by atoms with Crippen LogP contribution < -0.4 is 15.6 Å². The van der Waals surface area contributed by atoms with E-state index < -0.39 is 6.10 Å². The second-order valence-electron chi connectivity index (χ2n) is 6.93. The Morgan fingerprint density at radius 3 is 2.37 bits per heavy atom. The van der Waals surface area contributed by atoms with Crippen LogP contribution in [0.4, 0.5) is 5.69 Å². The molecular weight excluding hydrogens is 378 g/mol. The van der Waals surface area contributed by atoms with Crippen molar-refractivity contribution in [3.8, 4) is 11.4 Å². The van der Waals surface area contributed by atoms with Gasteiger partial charge in [0.25, 0.3) is 11.5 Å². The van der Waals surface area contributed by atoms with Gasteiger partial charge >= 0.3 is 0 Å². The molecule has 0 bridgehead atoms. The van der Waals surface area contributed by atoms with Crippen LogP contribution in [0.5, 0.6) is 5.75 Å². The molecule has 30 heavy (non-hydrogen) atoms. The van der Waals surface area contributed by atoms with Gasteiger partial charge in [0, 0.05) is 5.69 Å². The van der Waals surface area contributed by atoms with Crippen LogP contribution in [0, 0.1) is 6.92 Å². The van der Waals surface area contributed by atoms with E-state index in [1.165, 1.54) is 0 Å². The Labute approximate surface area is 173 Å². The first-order chi connectivity index (χ1) is 14.5. The molecule has 6 nitrogen and oxygen atoms in total. The Morgan fingerprint density at radius 1 is 0.967 bits per heavy atom. The van der Waals surface area contributed by atoms with Crippen molar-refractivity contribution in [2.45, 2.75) is 20.0 Å². The summed E-state index contributed by atoms with van der Waals surface area (Å²) in [6.45, 7) is 3.49. The third kappa shape index (κ3) is 3.93. The molecule has 1 N–H and O–H groups in total. The summed E-state index contributed by atoms with van der Waals surface area (Å²) in [5.74, 6) is 0.974. The number of nitrogens with zero attached hydrogens (tertiary/aromatic N) is 2. The number of anilines is 1. The number of rotatable bonds is 5. The first-order valence-corrected chi connectivity index (χ1v) is 9.64. The van der Waals surface area contributed by atoms with Crippen LogP contribution in [-0.4, -0.2) is 21.6 Å². The quantitative estimate of drug-likeness (QED) is 0.548. The topological polar surface area (TPSA) is 73.2 Å². The van der Waals surface area contributed by atoms with E-state index >= 15 is 0 Å². The van der Waals surface area contributed by atoms with Gasteiger partial charge in [0.05, 0.1) is 16.6 Å². The van der Waals surface area contributed by atoms with Crippen LogP contribution in [0.1, 0.15) is 12.7 Å². The summed E-state index contributed by atoms with van der Waals surface area (Å²) >= 11 is 0. The Balaban J connectivity index is 1.53. The van der Waals surface area contributed by atoms with E-state index in [1.807, 2.05) is 36.4 Å². The average molecular weight is 399 g/mol. The van der Waals surface area contributed by atoms with Gasteiger partial charge in [-0.25, -0.2) is 4.98 Å². The number of ether oxygens (including phenoxy) is 1. The SMILES string of the molecule is Cc1nc2ccccc2c(=O)n1-c1ccc(NC(=O)[C@H](C)Oc2ccccc2)cc1. The minimum atomic E-state index is -0.651. The minimum Gasteiger partial charge on any atom is -0.481 e. The molecule has 0 spiro atoms. The standard InChI is InChI=1S/C24H21N3O3/c1-16(30-20-8-4-3-5-9-20)23(28)26-18-12-14-19(15-13-18)27-17(2)25-22-11-7-6-10-21(22)24(27)29/h3-16H,1-2H3,(H,26,28)/t16-/m0/s1. The highest BCUT2D eigenvalue weighted by atomic mass is 16.5. The molecule has 0 fully saturated rings. The maximum atomic E-state index is 12.9. The van der Waals surface area contributed by atoms with Crippen molar-refractivity contribution in [1.29, 1.82) is 0 Å². The van der Waals surface area contributed by atoms with Gasteiger partial charge < -0.3 is 10.1 Å². The highest BCUT2D eigenvalue weighted by molar-refractivity contribution is 5.94. The maximum absolute atomic E-state index is 12.9. The van der Waals surface area contributed by atoms with Gasteiger partial charge in [-0.2, -0.15) is 0 Å². The number of aromatic nitrogens is 2. The molecule has 0 aliphatic carbocycles. The van der Waals surface area contributed by atoms with Crippen LogP contribution >= 0.6 is 0 Å². The van der Waals surface area contributed by atoms with Gasteiger partial charge in [-0.3, -0.25) is 14.2 Å². The fraction of sp³-hybridized carbons (Fsp3) is 0.125. The summed E-state index contributed by atoms with van der Waals surface area (Å²) in [6, 6.07) is 23.5. The monoisotopic (exact) mass is 399 g/mol. The molecule has 4 aromatic rings. The third-order valence-corrected chi connectivity index (χ3v) is 4.76. The van der Waals surface area contributed by atoms with E-state index in [9.17, 15) is 9.59 Å². The van der Waals surface area contributed by atoms with Gasteiger partial charge in [-0.05, 0) is 62.4 Å². The lowest BCUT2D eigenvalue weighted by Gasteiger charge is -2.15. The molecular formula is C24H21N3O3. The zero-order valence-corrected chi connectivity index (χ0v) is 16.7. The summed E-state index contributed by atoms with van der Waals surface area (Å²) in [6.07, 6.45) is -0.651. The van der Waals surface area contributed by atoms with E-state index in [1.54, 1.807) is 60.9 Å². The summed E-state index contributed by atoms with van der Waals surface area (Å²) < 4.78 is 7.21. The average Bonchev–Trinajstić information content (AvgIpc) is 2.75. The first-order valence-electron chi connectivity index (χ1n) is 9.64. The lowest BCUT2D eigenvalue weighted by molar-refractivity contribution is -0.122. The predicted molar refractivity (Wildman–Crippen MR) is 117 cm³/mol. The van der Waals surface area contributed by atoms with Crippen molar-refractivity contribution in [3.05, 3.63) is 95.0 Å². The summed E-state index contributed by atoms with van der Waals surface area (Å²) in [5.41, 5.74) is 1.85. The van der Waals surface area contributed by atoms with Crippen LogP contribution in [0.3, 0.4) is 0 Å². The highest BCUT2D eigenvalue weighted by Crippen LogP contribution is 2.17. The van der Waals surface area contributed by atoms with E-state index in [2.05, 4.69) is 10.3 Å². The van der Waals surface area contributed by atoms with Gasteiger partial charge in [0.1, 0.15) is 11.6 Å². The van der Waals surface area contributed by atoms with Crippen molar-refractivity contribution in [2.24, 2.45) is 0 Å². The van der Waals surface area contributed by atoms with E-state index in [0.717, 1.165) is 0 Å². The van der Waals surface area contributed by atoms with Crippen LogP contribution in [0.2, 0.25) is 0 Å². The number of amides is 1. The number of para-hydroxylation sites is 2. The molecule has 4 rings (SSSR count). The smallest absolute Gasteiger partial charge is 0.265 e. The van der Waals surface area contributed by atoms with Gasteiger partial charge in [-0.1, -0.05) is 30.3 Å². The van der Waals surface area contributed by atoms with E-state index in [4.69, 9.17) is 4.74 Å². The number of carbonyl (C=O) groups is 1. The lowest BCUT2D eigenvalue weighted by atomic mass is 10.2. The van der Waals surface area contributed by atoms with Gasteiger partial charge in [-0.15, -0.1) is 0 Å². The number of aryl methyl sites for hydroxylation is 1. The fourth-order valence-corrected chi connectivity index (χ4v) is 3.24. The van der Waals surface area contributed by atoms with Gasteiger partial charge in [0.15, 0.2) is 6.10 Å². The first kappa shape index (κ1) is 19.4. The van der Waals surface area contributed by atoms with Crippen molar-refractivity contribution in [1.82, 2.24) is 9.55 Å². The Hall–Kier alpha value is -3.93. The van der Waals surface area contributed by atoms with Crippen LogP contribution in [-0.2, 0) is 4.79 Å². The second kappa shape index (κ2) is 8.21. The molecule has 1 atom stereocenters. The molecule has 0 aliphatic rings. The summed E-state index contributed by atoms with van der Waals surface area (Å²) in [7, 11) is 0. The number of hydrogen-bond acceptors (Lipinski definition) is 4. The Morgan fingerprint density at radius 2 is 1.63 bits per heavy atom. The normalized spacial score (nSPS) is 11.8. The summed E-state index contributed by atoms with van der Waals surface area (Å²) in [4.78, 5) is 29.9. The largest absolute Gasteiger partial charge is 0.481 e. The zero-order chi connectivity index (χ0) is 21.1. The Kier molecular flexibility index (Phi) is 5.30. The Bertz CT molecular complexity index is 1250. The van der Waals surface area contributed by atoms with Crippen molar-refractivity contribution in [3.63, 3.8) is 0 Å².